The highest BCUT2D eigenvalue weighted by Gasteiger charge is 2.13. The molecular weight excluding hydrogens is 236 g/mol. The molecule has 1 rings (SSSR count). The lowest BCUT2D eigenvalue weighted by Crippen LogP contribution is -2.25. The Morgan fingerprint density at radius 2 is 1.74 bits per heavy atom. The summed E-state index contributed by atoms with van der Waals surface area (Å²) < 4.78 is 5.71. The molecule has 0 radical (unpaired) electrons. The first-order chi connectivity index (χ1) is 8.96. The Morgan fingerprint density at radius 1 is 1.11 bits per heavy atom. The molecule has 0 aliphatic heterocycles. The zero-order chi connectivity index (χ0) is 14.4. The van der Waals surface area contributed by atoms with E-state index in [1.54, 1.807) is 0 Å². The van der Waals surface area contributed by atoms with E-state index in [-0.39, 0.29) is 6.10 Å². The third kappa shape index (κ3) is 5.01. The summed E-state index contributed by atoms with van der Waals surface area (Å²) in [5, 5.41) is 3.54. The van der Waals surface area contributed by atoms with Crippen LogP contribution in [-0.2, 0) is 0 Å². The number of nitrogen functional groups attached to an aromatic ring is 1. The van der Waals surface area contributed by atoms with Crippen molar-refractivity contribution in [3.8, 4) is 5.75 Å². The largest absolute Gasteiger partial charge is 0.491 e. The SMILES string of the molecule is CCC(CC)C(C)Nc1cc(N)cc(OC(C)C)c1. The fourth-order valence-electron chi connectivity index (χ4n) is 2.42. The van der Waals surface area contributed by atoms with Gasteiger partial charge in [0.2, 0.25) is 0 Å². The van der Waals surface area contributed by atoms with Crippen molar-refractivity contribution >= 4 is 11.4 Å². The molecule has 1 unspecified atom stereocenters. The van der Waals surface area contributed by atoms with Crippen LogP contribution in [0.3, 0.4) is 0 Å². The molecule has 3 heteroatoms. The standard InChI is InChI=1S/C16H28N2O/c1-6-13(7-2)12(5)18-15-8-14(17)9-16(10-15)19-11(3)4/h8-13,18H,6-7,17H2,1-5H3. The van der Waals surface area contributed by atoms with Crippen LogP contribution in [0.2, 0.25) is 0 Å². The van der Waals surface area contributed by atoms with E-state index < -0.39 is 0 Å². The summed E-state index contributed by atoms with van der Waals surface area (Å²) >= 11 is 0. The summed E-state index contributed by atoms with van der Waals surface area (Å²) in [5.41, 5.74) is 7.70. The van der Waals surface area contributed by atoms with Gasteiger partial charge in [-0.1, -0.05) is 26.7 Å². The molecule has 0 aliphatic rings. The number of anilines is 2. The minimum Gasteiger partial charge on any atom is -0.491 e. The van der Waals surface area contributed by atoms with Crippen LogP contribution in [-0.4, -0.2) is 12.1 Å². The number of ether oxygens (including phenoxy) is 1. The molecule has 1 aromatic carbocycles. The van der Waals surface area contributed by atoms with Gasteiger partial charge in [0.1, 0.15) is 5.75 Å². The Morgan fingerprint density at radius 3 is 2.26 bits per heavy atom. The number of hydrogen-bond acceptors (Lipinski definition) is 3. The second-order valence-electron chi connectivity index (χ2n) is 5.47. The molecule has 3 N–H and O–H groups in total. The van der Waals surface area contributed by atoms with Gasteiger partial charge >= 0.3 is 0 Å². The first kappa shape index (κ1) is 15.7. The quantitative estimate of drug-likeness (QED) is 0.722. The highest BCUT2D eigenvalue weighted by atomic mass is 16.5. The summed E-state index contributed by atoms with van der Waals surface area (Å²) in [6.45, 7) is 10.7. The molecule has 1 atom stereocenters. The summed E-state index contributed by atoms with van der Waals surface area (Å²) in [7, 11) is 0. The van der Waals surface area contributed by atoms with E-state index in [4.69, 9.17) is 10.5 Å². The maximum absolute atomic E-state index is 5.93. The van der Waals surface area contributed by atoms with Crippen LogP contribution >= 0.6 is 0 Å². The topological polar surface area (TPSA) is 47.3 Å². The van der Waals surface area contributed by atoms with Crippen LogP contribution in [0.4, 0.5) is 11.4 Å². The highest BCUT2D eigenvalue weighted by Crippen LogP contribution is 2.25. The molecular formula is C16H28N2O. The highest BCUT2D eigenvalue weighted by molar-refractivity contribution is 5.59. The molecule has 0 heterocycles. The molecule has 0 saturated carbocycles. The van der Waals surface area contributed by atoms with E-state index in [2.05, 4.69) is 26.1 Å². The van der Waals surface area contributed by atoms with Gasteiger partial charge in [0.25, 0.3) is 0 Å². The molecule has 19 heavy (non-hydrogen) atoms. The predicted octanol–water partition coefficient (Wildman–Crippen LogP) is 4.29. The molecule has 0 saturated heterocycles. The molecule has 0 spiro atoms. The Labute approximate surface area is 117 Å². The van der Waals surface area contributed by atoms with Crippen LogP contribution < -0.4 is 15.8 Å². The molecule has 3 nitrogen and oxygen atoms in total. The van der Waals surface area contributed by atoms with E-state index in [0.717, 1.165) is 17.1 Å². The summed E-state index contributed by atoms with van der Waals surface area (Å²) in [6, 6.07) is 6.29. The molecule has 0 aliphatic carbocycles. The van der Waals surface area contributed by atoms with Crippen molar-refractivity contribution in [2.45, 2.75) is 59.6 Å². The first-order valence-corrected chi connectivity index (χ1v) is 7.30. The first-order valence-electron chi connectivity index (χ1n) is 7.30. The van der Waals surface area contributed by atoms with Gasteiger partial charge in [-0.2, -0.15) is 0 Å². The summed E-state index contributed by atoms with van der Waals surface area (Å²) in [5.74, 6) is 1.50. The van der Waals surface area contributed by atoms with Gasteiger partial charge in [-0.3, -0.25) is 0 Å². The van der Waals surface area contributed by atoms with E-state index in [1.165, 1.54) is 12.8 Å². The number of nitrogens with two attached hydrogens (primary N) is 1. The van der Waals surface area contributed by atoms with E-state index in [1.807, 2.05) is 32.0 Å². The van der Waals surface area contributed by atoms with Gasteiger partial charge in [-0.25, -0.2) is 0 Å². The van der Waals surface area contributed by atoms with Crippen molar-refractivity contribution in [2.75, 3.05) is 11.1 Å². The van der Waals surface area contributed by atoms with Crippen molar-refractivity contribution in [2.24, 2.45) is 5.92 Å². The van der Waals surface area contributed by atoms with Gasteiger partial charge < -0.3 is 15.8 Å². The Kier molecular flexibility index (Phi) is 6.00. The van der Waals surface area contributed by atoms with Crippen molar-refractivity contribution in [1.82, 2.24) is 0 Å². The third-order valence-corrected chi connectivity index (χ3v) is 3.45. The molecule has 0 bridgehead atoms. The molecule has 0 amide bonds. The maximum atomic E-state index is 5.93. The number of benzene rings is 1. The molecule has 1 aromatic rings. The van der Waals surface area contributed by atoms with E-state index in [0.29, 0.717) is 12.0 Å². The zero-order valence-corrected chi connectivity index (χ0v) is 12.9. The third-order valence-electron chi connectivity index (χ3n) is 3.45. The lowest BCUT2D eigenvalue weighted by molar-refractivity contribution is 0.242. The monoisotopic (exact) mass is 264 g/mol. The maximum Gasteiger partial charge on any atom is 0.123 e. The summed E-state index contributed by atoms with van der Waals surface area (Å²) in [6.07, 6.45) is 2.52. The Hall–Kier alpha value is -1.38. The van der Waals surface area contributed by atoms with Crippen molar-refractivity contribution in [1.29, 1.82) is 0 Å². The lowest BCUT2D eigenvalue weighted by atomic mass is 9.95. The van der Waals surface area contributed by atoms with Crippen LogP contribution in [0, 0.1) is 5.92 Å². The number of hydrogen-bond donors (Lipinski definition) is 2. The predicted molar refractivity (Wildman–Crippen MR) is 83.8 cm³/mol. The van der Waals surface area contributed by atoms with Gasteiger partial charge in [0, 0.05) is 29.5 Å². The second kappa shape index (κ2) is 7.27. The van der Waals surface area contributed by atoms with Crippen molar-refractivity contribution in [3.63, 3.8) is 0 Å². The minimum absolute atomic E-state index is 0.158. The fraction of sp³-hybridized carbons (Fsp3) is 0.625. The van der Waals surface area contributed by atoms with Crippen LogP contribution in [0.1, 0.15) is 47.5 Å². The average Bonchev–Trinajstić information content (AvgIpc) is 2.28. The van der Waals surface area contributed by atoms with Gasteiger partial charge in [0.15, 0.2) is 0 Å². The van der Waals surface area contributed by atoms with Gasteiger partial charge in [-0.15, -0.1) is 0 Å². The van der Waals surface area contributed by atoms with Gasteiger partial charge in [0.05, 0.1) is 6.10 Å². The lowest BCUT2D eigenvalue weighted by Gasteiger charge is -2.24. The van der Waals surface area contributed by atoms with Gasteiger partial charge in [-0.05, 0) is 32.8 Å². The normalized spacial score (nSPS) is 12.8. The number of rotatable bonds is 7. The minimum atomic E-state index is 0.158. The second-order valence-corrected chi connectivity index (χ2v) is 5.47. The van der Waals surface area contributed by atoms with E-state index in [9.17, 15) is 0 Å². The summed E-state index contributed by atoms with van der Waals surface area (Å²) in [4.78, 5) is 0. The number of nitrogens with one attached hydrogen (secondary N) is 1. The fourth-order valence-corrected chi connectivity index (χ4v) is 2.42. The smallest absolute Gasteiger partial charge is 0.123 e. The average molecular weight is 264 g/mol. The Balaban J connectivity index is 2.80. The van der Waals surface area contributed by atoms with Crippen LogP contribution in [0.25, 0.3) is 0 Å². The van der Waals surface area contributed by atoms with Crippen molar-refractivity contribution < 1.29 is 4.74 Å². The molecule has 0 fully saturated rings. The van der Waals surface area contributed by atoms with Crippen LogP contribution in [0.5, 0.6) is 5.75 Å². The molecule has 108 valence electrons. The zero-order valence-electron chi connectivity index (χ0n) is 12.9. The van der Waals surface area contributed by atoms with Crippen molar-refractivity contribution in [3.05, 3.63) is 18.2 Å². The Bertz CT molecular complexity index is 386. The molecule has 0 aromatic heterocycles. The van der Waals surface area contributed by atoms with E-state index >= 15 is 0 Å². The van der Waals surface area contributed by atoms with Crippen LogP contribution in [0.15, 0.2) is 18.2 Å².